The van der Waals surface area contributed by atoms with Gasteiger partial charge in [-0.25, -0.2) is 4.79 Å². The maximum atomic E-state index is 10.8. The molecule has 0 heterocycles. The third-order valence-electron chi connectivity index (χ3n) is 2.09. The Morgan fingerprint density at radius 1 is 1.20 bits per heavy atom. The van der Waals surface area contributed by atoms with E-state index in [0.29, 0.717) is 5.56 Å². The lowest BCUT2D eigenvalue weighted by Gasteiger charge is -2.13. The molecule has 0 unspecified atom stereocenters. The molecule has 0 spiro atoms. The number of methoxy groups -OCH3 is 2. The average molecular weight is 304 g/mol. The van der Waals surface area contributed by atoms with Crippen LogP contribution in [0.2, 0.25) is 0 Å². The zero-order valence-corrected chi connectivity index (χ0v) is 11.4. The van der Waals surface area contributed by atoms with E-state index in [1.807, 2.05) is 0 Å². The molecule has 0 aliphatic heterocycles. The number of aliphatic carboxylic acids is 1. The largest absolute Gasteiger partial charge is 0.493 e. The maximum absolute atomic E-state index is 10.8. The minimum absolute atomic E-state index is 0.0491. The Labute approximate surface area is 115 Å². The summed E-state index contributed by atoms with van der Waals surface area (Å²) in [5.41, 5.74) is 0.379. The third-order valence-corrected chi connectivity index (χ3v) is 2.47. The fourth-order valence-corrected chi connectivity index (χ4v) is 1.73. The Bertz CT molecular complexity index is 607. The summed E-state index contributed by atoms with van der Waals surface area (Å²) >= 11 is 0. The highest BCUT2D eigenvalue weighted by molar-refractivity contribution is 7.81. The molecule has 1 aromatic carbocycles. The van der Waals surface area contributed by atoms with Crippen molar-refractivity contribution in [2.45, 2.75) is 0 Å². The maximum Gasteiger partial charge on any atom is 0.446 e. The predicted molar refractivity (Wildman–Crippen MR) is 68.4 cm³/mol. The first-order chi connectivity index (χ1) is 9.26. The van der Waals surface area contributed by atoms with Crippen LogP contribution >= 0.6 is 0 Å². The van der Waals surface area contributed by atoms with Gasteiger partial charge in [-0.2, -0.15) is 8.42 Å². The Hall–Kier alpha value is -2.26. The van der Waals surface area contributed by atoms with Crippen LogP contribution in [0.5, 0.6) is 17.2 Å². The number of carbonyl (C=O) groups is 1. The molecule has 1 aromatic rings. The smallest absolute Gasteiger partial charge is 0.446 e. The molecular weight excluding hydrogens is 292 g/mol. The summed E-state index contributed by atoms with van der Waals surface area (Å²) < 4.78 is 44.4. The van der Waals surface area contributed by atoms with Gasteiger partial charge in [-0.1, -0.05) is 0 Å². The molecule has 0 bridgehead atoms. The fourth-order valence-electron chi connectivity index (χ4n) is 1.35. The van der Waals surface area contributed by atoms with Gasteiger partial charge in [-0.3, -0.25) is 4.55 Å². The van der Waals surface area contributed by atoms with Crippen molar-refractivity contribution < 1.29 is 36.5 Å². The SMILES string of the molecule is COc1cc(/C=C\C(=O)O)cc(OC)c1OS(=O)(=O)O. The Kier molecular flexibility index (Phi) is 4.94. The van der Waals surface area contributed by atoms with E-state index in [1.54, 1.807) is 0 Å². The van der Waals surface area contributed by atoms with E-state index in [9.17, 15) is 13.2 Å². The molecule has 110 valence electrons. The zero-order valence-electron chi connectivity index (χ0n) is 10.6. The molecule has 0 aromatic heterocycles. The van der Waals surface area contributed by atoms with Gasteiger partial charge in [-0.05, 0) is 23.8 Å². The van der Waals surface area contributed by atoms with Gasteiger partial charge in [0.2, 0.25) is 5.75 Å². The molecule has 0 saturated heterocycles. The standard InChI is InChI=1S/C11H12O8S/c1-17-8-5-7(3-4-10(12)13)6-9(18-2)11(8)19-20(14,15)16/h3-6H,1-2H3,(H,12,13)(H,14,15,16)/b4-3-. The molecule has 0 radical (unpaired) electrons. The van der Waals surface area contributed by atoms with E-state index >= 15 is 0 Å². The molecule has 0 atom stereocenters. The molecule has 0 amide bonds. The van der Waals surface area contributed by atoms with Crippen LogP contribution < -0.4 is 13.7 Å². The zero-order chi connectivity index (χ0) is 15.3. The van der Waals surface area contributed by atoms with Crippen molar-refractivity contribution in [1.29, 1.82) is 0 Å². The molecule has 0 saturated carbocycles. The molecule has 0 aliphatic rings. The van der Waals surface area contributed by atoms with Gasteiger partial charge in [0.05, 0.1) is 14.2 Å². The van der Waals surface area contributed by atoms with Crippen LogP contribution in [0.1, 0.15) is 5.56 Å². The number of rotatable bonds is 6. The summed E-state index contributed by atoms with van der Waals surface area (Å²) in [5, 5.41) is 8.55. The van der Waals surface area contributed by atoms with E-state index < -0.39 is 16.4 Å². The van der Waals surface area contributed by atoms with Gasteiger partial charge in [0.15, 0.2) is 11.5 Å². The van der Waals surface area contributed by atoms with Gasteiger partial charge in [0.1, 0.15) is 0 Å². The molecular formula is C11H12O8S. The van der Waals surface area contributed by atoms with E-state index in [2.05, 4.69) is 4.18 Å². The Morgan fingerprint density at radius 3 is 2.05 bits per heavy atom. The van der Waals surface area contributed by atoms with Crippen LogP contribution in [0.15, 0.2) is 18.2 Å². The van der Waals surface area contributed by atoms with Crippen molar-refractivity contribution >= 4 is 22.4 Å². The Morgan fingerprint density at radius 2 is 1.70 bits per heavy atom. The first-order valence-corrected chi connectivity index (χ1v) is 6.47. The second kappa shape index (κ2) is 6.26. The van der Waals surface area contributed by atoms with Crippen molar-refractivity contribution in [1.82, 2.24) is 0 Å². The summed E-state index contributed by atoms with van der Waals surface area (Å²) in [6.45, 7) is 0. The van der Waals surface area contributed by atoms with Crippen molar-refractivity contribution in [3.05, 3.63) is 23.8 Å². The van der Waals surface area contributed by atoms with Crippen LogP contribution in [0, 0.1) is 0 Å². The highest BCUT2D eigenvalue weighted by Gasteiger charge is 2.19. The summed E-state index contributed by atoms with van der Waals surface area (Å²) in [5.74, 6) is -1.59. The number of benzene rings is 1. The van der Waals surface area contributed by atoms with Crippen molar-refractivity contribution in [2.24, 2.45) is 0 Å². The van der Waals surface area contributed by atoms with Crippen LogP contribution in [-0.2, 0) is 15.2 Å². The highest BCUT2D eigenvalue weighted by atomic mass is 32.3. The van der Waals surface area contributed by atoms with Gasteiger partial charge in [-0.15, -0.1) is 0 Å². The van der Waals surface area contributed by atoms with Crippen LogP contribution in [0.25, 0.3) is 6.08 Å². The second-order valence-corrected chi connectivity index (χ2v) is 4.46. The summed E-state index contributed by atoms with van der Waals surface area (Å²) in [4.78, 5) is 10.4. The van der Waals surface area contributed by atoms with Crippen molar-refractivity contribution in [3.63, 3.8) is 0 Å². The normalized spacial score (nSPS) is 11.3. The summed E-state index contributed by atoms with van der Waals surface area (Å²) in [6.07, 6.45) is 2.14. The minimum Gasteiger partial charge on any atom is -0.493 e. The first kappa shape index (κ1) is 15.8. The second-order valence-electron chi connectivity index (χ2n) is 3.44. The molecule has 9 heteroatoms. The number of hydrogen-bond acceptors (Lipinski definition) is 6. The monoisotopic (exact) mass is 304 g/mol. The average Bonchev–Trinajstić information content (AvgIpc) is 2.35. The number of carboxylic acids is 1. The third kappa shape index (κ3) is 4.44. The quantitative estimate of drug-likeness (QED) is 0.589. The highest BCUT2D eigenvalue weighted by Crippen LogP contribution is 2.39. The molecule has 8 nitrogen and oxygen atoms in total. The molecule has 0 aliphatic carbocycles. The van der Waals surface area contributed by atoms with Crippen LogP contribution in [-0.4, -0.2) is 38.3 Å². The molecule has 20 heavy (non-hydrogen) atoms. The summed E-state index contributed by atoms with van der Waals surface area (Å²) in [6, 6.07) is 2.64. The van der Waals surface area contributed by atoms with Crippen molar-refractivity contribution in [2.75, 3.05) is 14.2 Å². The van der Waals surface area contributed by atoms with Gasteiger partial charge < -0.3 is 18.8 Å². The number of carboxylic acid groups (broad SMARTS) is 1. The van der Waals surface area contributed by atoms with E-state index in [4.69, 9.17) is 19.1 Å². The Balaban J connectivity index is 3.35. The lowest BCUT2D eigenvalue weighted by molar-refractivity contribution is -0.131. The lowest BCUT2D eigenvalue weighted by Crippen LogP contribution is -2.09. The molecule has 1 rings (SSSR count). The first-order valence-electron chi connectivity index (χ1n) is 5.10. The fraction of sp³-hybridized carbons (Fsp3) is 0.182. The number of hydrogen-bond donors (Lipinski definition) is 2. The van der Waals surface area contributed by atoms with Crippen LogP contribution in [0.3, 0.4) is 0 Å². The minimum atomic E-state index is -4.75. The predicted octanol–water partition coefficient (Wildman–Crippen LogP) is 0.983. The van der Waals surface area contributed by atoms with Gasteiger partial charge in [0, 0.05) is 6.08 Å². The van der Waals surface area contributed by atoms with Crippen LogP contribution in [0.4, 0.5) is 0 Å². The van der Waals surface area contributed by atoms with Gasteiger partial charge >= 0.3 is 16.4 Å². The summed E-state index contributed by atoms with van der Waals surface area (Å²) in [7, 11) is -2.26. The molecule has 0 fully saturated rings. The molecule has 2 N–H and O–H groups in total. The topological polar surface area (TPSA) is 119 Å². The van der Waals surface area contributed by atoms with E-state index in [1.165, 1.54) is 32.4 Å². The number of ether oxygens (including phenoxy) is 2. The van der Waals surface area contributed by atoms with E-state index in [0.717, 1.165) is 6.08 Å². The van der Waals surface area contributed by atoms with Gasteiger partial charge in [0.25, 0.3) is 0 Å². The van der Waals surface area contributed by atoms with Crippen molar-refractivity contribution in [3.8, 4) is 17.2 Å². The van der Waals surface area contributed by atoms with E-state index in [-0.39, 0.29) is 17.2 Å². The lowest BCUT2D eigenvalue weighted by atomic mass is 10.1.